The summed E-state index contributed by atoms with van der Waals surface area (Å²) in [4.78, 5) is 8.84. The van der Waals surface area contributed by atoms with E-state index in [0.29, 0.717) is 0 Å². The van der Waals surface area contributed by atoms with Crippen LogP contribution in [0.2, 0.25) is 0 Å². The second-order valence-electron chi connectivity index (χ2n) is 4.20. The van der Waals surface area contributed by atoms with Crippen LogP contribution in [0.25, 0.3) is 10.9 Å². The van der Waals surface area contributed by atoms with E-state index in [1.54, 1.807) is 6.20 Å². The SMILES string of the molecule is Brc1ccc(C=Nc2cnc3ccccc3c2)cc1. The Morgan fingerprint density at radius 2 is 1.79 bits per heavy atom. The number of aromatic nitrogens is 1. The average molecular weight is 311 g/mol. The van der Waals surface area contributed by atoms with E-state index in [1.165, 1.54) is 0 Å². The number of hydrogen-bond acceptors (Lipinski definition) is 2. The normalized spacial score (nSPS) is 11.2. The zero-order valence-corrected chi connectivity index (χ0v) is 11.7. The van der Waals surface area contributed by atoms with Crippen molar-refractivity contribution in [2.45, 2.75) is 0 Å². The summed E-state index contributed by atoms with van der Waals surface area (Å²) < 4.78 is 1.07. The first-order valence-electron chi connectivity index (χ1n) is 5.96. The van der Waals surface area contributed by atoms with E-state index in [9.17, 15) is 0 Å². The highest BCUT2D eigenvalue weighted by Gasteiger charge is 1.95. The van der Waals surface area contributed by atoms with Crippen molar-refractivity contribution >= 4 is 38.7 Å². The van der Waals surface area contributed by atoms with Crippen molar-refractivity contribution in [2.24, 2.45) is 4.99 Å². The van der Waals surface area contributed by atoms with Crippen molar-refractivity contribution in [3.63, 3.8) is 0 Å². The molecule has 2 aromatic carbocycles. The molecule has 0 N–H and O–H groups in total. The maximum absolute atomic E-state index is 4.45. The average Bonchev–Trinajstić information content (AvgIpc) is 2.46. The molecule has 3 heteroatoms. The van der Waals surface area contributed by atoms with Crippen molar-refractivity contribution in [2.75, 3.05) is 0 Å². The summed E-state index contributed by atoms with van der Waals surface area (Å²) in [5.74, 6) is 0. The van der Waals surface area contributed by atoms with Gasteiger partial charge >= 0.3 is 0 Å². The van der Waals surface area contributed by atoms with Crippen LogP contribution < -0.4 is 0 Å². The highest BCUT2D eigenvalue weighted by molar-refractivity contribution is 9.10. The molecular weight excluding hydrogens is 300 g/mol. The number of hydrogen-bond donors (Lipinski definition) is 0. The van der Waals surface area contributed by atoms with E-state index < -0.39 is 0 Å². The lowest BCUT2D eigenvalue weighted by atomic mass is 10.2. The molecule has 92 valence electrons. The molecule has 0 aliphatic carbocycles. The van der Waals surface area contributed by atoms with Gasteiger partial charge in [0.2, 0.25) is 0 Å². The van der Waals surface area contributed by atoms with Crippen molar-refractivity contribution in [1.29, 1.82) is 0 Å². The van der Waals surface area contributed by atoms with Crippen molar-refractivity contribution in [3.8, 4) is 0 Å². The van der Waals surface area contributed by atoms with Gasteiger partial charge in [0.25, 0.3) is 0 Å². The molecule has 0 saturated carbocycles. The summed E-state index contributed by atoms with van der Waals surface area (Å²) >= 11 is 3.41. The zero-order chi connectivity index (χ0) is 13.1. The van der Waals surface area contributed by atoms with Gasteiger partial charge < -0.3 is 0 Å². The summed E-state index contributed by atoms with van der Waals surface area (Å²) in [6, 6.07) is 18.1. The molecule has 0 saturated heterocycles. The maximum Gasteiger partial charge on any atom is 0.0819 e. The first-order chi connectivity index (χ1) is 9.31. The lowest BCUT2D eigenvalue weighted by Gasteiger charge is -1.98. The van der Waals surface area contributed by atoms with Crippen LogP contribution in [0.1, 0.15) is 5.56 Å². The summed E-state index contributed by atoms with van der Waals surface area (Å²) in [6.07, 6.45) is 3.63. The van der Waals surface area contributed by atoms with Crippen LogP contribution in [0.4, 0.5) is 5.69 Å². The largest absolute Gasteiger partial charge is 0.255 e. The Morgan fingerprint density at radius 3 is 2.63 bits per heavy atom. The molecule has 3 aromatic rings. The first-order valence-corrected chi connectivity index (χ1v) is 6.75. The lowest BCUT2D eigenvalue weighted by Crippen LogP contribution is -1.81. The Hall–Kier alpha value is -2.00. The fourth-order valence-corrected chi connectivity index (χ4v) is 2.09. The van der Waals surface area contributed by atoms with Crippen LogP contribution in [0.15, 0.2) is 70.3 Å². The van der Waals surface area contributed by atoms with Crippen LogP contribution in [0.5, 0.6) is 0 Å². The van der Waals surface area contributed by atoms with E-state index in [4.69, 9.17) is 0 Å². The quantitative estimate of drug-likeness (QED) is 0.627. The minimum Gasteiger partial charge on any atom is -0.255 e. The monoisotopic (exact) mass is 310 g/mol. The van der Waals surface area contributed by atoms with E-state index in [1.807, 2.05) is 60.8 Å². The molecule has 1 aromatic heterocycles. The molecule has 0 aliphatic rings. The summed E-state index contributed by atoms with van der Waals surface area (Å²) in [6.45, 7) is 0. The van der Waals surface area contributed by atoms with Crippen molar-refractivity contribution in [1.82, 2.24) is 4.98 Å². The predicted molar refractivity (Wildman–Crippen MR) is 83.1 cm³/mol. The molecule has 0 fully saturated rings. The van der Waals surface area contributed by atoms with Gasteiger partial charge in [0.1, 0.15) is 0 Å². The maximum atomic E-state index is 4.45. The topological polar surface area (TPSA) is 25.2 Å². The molecule has 1 heterocycles. The van der Waals surface area contributed by atoms with Gasteiger partial charge in [-0.05, 0) is 29.8 Å². The standard InChI is InChI=1S/C16H11BrN2/c17-14-7-5-12(6-8-14)10-18-15-9-13-3-1-2-4-16(13)19-11-15/h1-11H. The van der Waals surface area contributed by atoms with Gasteiger partial charge in [-0.1, -0.05) is 46.3 Å². The number of benzene rings is 2. The van der Waals surface area contributed by atoms with Gasteiger partial charge in [0.15, 0.2) is 0 Å². The predicted octanol–water partition coefficient (Wildman–Crippen LogP) is 4.75. The second kappa shape index (κ2) is 5.33. The van der Waals surface area contributed by atoms with Gasteiger partial charge in [-0.25, -0.2) is 0 Å². The molecule has 0 atom stereocenters. The van der Waals surface area contributed by atoms with E-state index in [0.717, 1.165) is 26.6 Å². The molecule has 0 unspecified atom stereocenters. The highest BCUT2D eigenvalue weighted by Crippen LogP contribution is 2.18. The van der Waals surface area contributed by atoms with Gasteiger partial charge in [0, 0.05) is 16.1 Å². The van der Waals surface area contributed by atoms with Gasteiger partial charge in [0.05, 0.1) is 17.4 Å². The second-order valence-corrected chi connectivity index (χ2v) is 5.11. The number of para-hydroxylation sites is 1. The minimum atomic E-state index is 0.863. The lowest BCUT2D eigenvalue weighted by molar-refractivity contribution is 1.38. The van der Waals surface area contributed by atoms with E-state index >= 15 is 0 Å². The number of halogens is 1. The molecule has 19 heavy (non-hydrogen) atoms. The van der Waals surface area contributed by atoms with Crippen LogP contribution >= 0.6 is 15.9 Å². The third-order valence-corrected chi connectivity index (χ3v) is 3.34. The Balaban J connectivity index is 1.90. The first kappa shape index (κ1) is 12.1. The zero-order valence-electron chi connectivity index (χ0n) is 10.1. The molecule has 0 bridgehead atoms. The molecule has 0 radical (unpaired) electrons. The van der Waals surface area contributed by atoms with Gasteiger partial charge in [-0.3, -0.25) is 9.98 Å². The Bertz CT molecular complexity index is 733. The fraction of sp³-hybridized carbons (Fsp3) is 0. The fourth-order valence-electron chi connectivity index (χ4n) is 1.83. The Kier molecular flexibility index (Phi) is 3.38. The third kappa shape index (κ3) is 2.88. The summed E-state index contributed by atoms with van der Waals surface area (Å²) in [5.41, 5.74) is 2.92. The van der Waals surface area contributed by atoms with Crippen LogP contribution in [0, 0.1) is 0 Å². The van der Waals surface area contributed by atoms with E-state index in [2.05, 4.69) is 25.9 Å². The molecule has 3 rings (SSSR count). The number of nitrogens with zero attached hydrogens (tertiary/aromatic N) is 2. The molecule has 0 aliphatic heterocycles. The van der Waals surface area contributed by atoms with Gasteiger partial charge in [-0.15, -0.1) is 0 Å². The number of pyridine rings is 1. The van der Waals surface area contributed by atoms with Crippen LogP contribution in [-0.4, -0.2) is 11.2 Å². The molecular formula is C16H11BrN2. The number of rotatable bonds is 2. The smallest absolute Gasteiger partial charge is 0.0819 e. The van der Waals surface area contributed by atoms with Crippen molar-refractivity contribution < 1.29 is 0 Å². The Labute approximate surface area is 120 Å². The highest BCUT2D eigenvalue weighted by atomic mass is 79.9. The minimum absolute atomic E-state index is 0.863. The van der Waals surface area contributed by atoms with Crippen LogP contribution in [-0.2, 0) is 0 Å². The third-order valence-electron chi connectivity index (χ3n) is 2.81. The molecule has 0 spiro atoms. The van der Waals surface area contributed by atoms with E-state index in [-0.39, 0.29) is 0 Å². The molecule has 2 nitrogen and oxygen atoms in total. The number of aliphatic imine (C=N–C) groups is 1. The summed E-state index contributed by atoms with van der Waals surface area (Å²) in [7, 11) is 0. The Morgan fingerprint density at radius 1 is 1.00 bits per heavy atom. The van der Waals surface area contributed by atoms with Crippen LogP contribution in [0.3, 0.4) is 0 Å². The van der Waals surface area contributed by atoms with Crippen molar-refractivity contribution in [3.05, 3.63) is 70.8 Å². The molecule has 0 amide bonds. The van der Waals surface area contributed by atoms with Gasteiger partial charge in [-0.2, -0.15) is 0 Å². The number of fused-ring (bicyclic) bond motifs is 1. The summed E-state index contributed by atoms with van der Waals surface area (Å²) in [5, 5.41) is 1.10.